The third-order valence-electron chi connectivity index (χ3n) is 2.33. The lowest BCUT2D eigenvalue weighted by Crippen LogP contribution is -2.27. The van der Waals surface area contributed by atoms with Crippen molar-refractivity contribution >= 4 is 0 Å². The van der Waals surface area contributed by atoms with Gasteiger partial charge in [0.15, 0.2) is 0 Å². The molecular weight excluding hydrogens is 193 g/mol. The minimum Gasteiger partial charge on any atom is -0.392 e. The SMILES string of the molecule is CC(CNC[C@H](C)O)c1ccc(F)cc1. The summed E-state index contributed by atoms with van der Waals surface area (Å²) in [6, 6.07) is 6.54. The molecule has 1 aromatic carbocycles. The van der Waals surface area contributed by atoms with Crippen molar-refractivity contribution in [1.82, 2.24) is 5.32 Å². The molecule has 0 heterocycles. The fourth-order valence-corrected chi connectivity index (χ4v) is 1.42. The van der Waals surface area contributed by atoms with Crippen LogP contribution in [0.3, 0.4) is 0 Å². The summed E-state index contributed by atoms with van der Waals surface area (Å²) in [5.74, 6) is 0.118. The first-order valence-electron chi connectivity index (χ1n) is 5.24. The fourth-order valence-electron chi connectivity index (χ4n) is 1.42. The van der Waals surface area contributed by atoms with Crippen molar-refractivity contribution in [2.24, 2.45) is 0 Å². The number of rotatable bonds is 5. The predicted octanol–water partition coefficient (Wildman–Crippen LogP) is 1.90. The van der Waals surface area contributed by atoms with Crippen molar-refractivity contribution < 1.29 is 9.50 Å². The Balaban J connectivity index is 2.40. The molecular formula is C12H18FNO. The van der Waals surface area contributed by atoms with Gasteiger partial charge in [0, 0.05) is 13.1 Å². The van der Waals surface area contributed by atoms with Gasteiger partial charge in [-0.3, -0.25) is 0 Å². The summed E-state index contributed by atoms with van der Waals surface area (Å²) in [6.07, 6.45) is -0.328. The molecule has 0 amide bonds. The Morgan fingerprint density at radius 2 is 1.80 bits per heavy atom. The molecule has 2 atom stereocenters. The van der Waals surface area contributed by atoms with Crippen LogP contribution < -0.4 is 5.32 Å². The van der Waals surface area contributed by atoms with Gasteiger partial charge in [0.2, 0.25) is 0 Å². The first-order valence-corrected chi connectivity index (χ1v) is 5.24. The maximum absolute atomic E-state index is 12.7. The lowest BCUT2D eigenvalue weighted by molar-refractivity contribution is 0.191. The van der Waals surface area contributed by atoms with Crippen molar-refractivity contribution in [2.45, 2.75) is 25.9 Å². The molecule has 2 nitrogen and oxygen atoms in total. The average molecular weight is 211 g/mol. The molecule has 0 saturated carbocycles. The van der Waals surface area contributed by atoms with Crippen LogP contribution >= 0.6 is 0 Å². The smallest absolute Gasteiger partial charge is 0.123 e. The number of hydrogen-bond donors (Lipinski definition) is 2. The molecule has 3 heteroatoms. The van der Waals surface area contributed by atoms with Crippen LogP contribution in [0.2, 0.25) is 0 Å². The van der Waals surface area contributed by atoms with Crippen LogP contribution in [0.5, 0.6) is 0 Å². The van der Waals surface area contributed by atoms with E-state index in [0.29, 0.717) is 12.5 Å². The maximum atomic E-state index is 12.7. The normalized spacial score (nSPS) is 14.9. The summed E-state index contributed by atoms with van der Waals surface area (Å²) in [7, 11) is 0. The molecule has 1 aromatic rings. The van der Waals surface area contributed by atoms with Crippen LogP contribution in [0, 0.1) is 5.82 Å². The number of halogens is 1. The highest BCUT2D eigenvalue weighted by Crippen LogP contribution is 2.14. The van der Waals surface area contributed by atoms with E-state index in [9.17, 15) is 4.39 Å². The van der Waals surface area contributed by atoms with Crippen molar-refractivity contribution in [3.63, 3.8) is 0 Å². The third-order valence-corrected chi connectivity index (χ3v) is 2.33. The topological polar surface area (TPSA) is 32.3 Å². The highest BCUT2D eigenvalue weighted by Gasteiger charge is 2.05. The molecule has 0 aromatic heterocycles. The monoisotopic (exact) mass is 211 g/mol. The van der Waals surface area contributed by atoms with Crippen molar-refractivity contribution in [3.05, 3.63) is 35.6 Å². The Morgan fingerprint density at radius 3 is 2.33 bits per heavy atom. The molecule has 0 aliphatic heterocycles. The summed E-state index contributed by atoms with van der Waals surface area (Å²) in [6.45, 7) is 5.19. The Morgan fingerprint density at radius 1 is 1.20 bits per heavy atom. The highest BCUT2D eigenvalue weighted by molar-refractivity contribution is 5.20. The summed E-state index contributed by atoms with van der Waals surface area (Å²) >= 11 is 0. The van der Waals surface area contributed by atoms with E-state index in [2.05, 4.69) is 12.2 Å². The zero-order valence-electron chi connectivity index (χ0n) is 9.20. The first kappa shape index (κ1) is 12.1. The molecule has 84 valence electrons. The maximum Gasteiger partial charge on any atom is 0.123 e. The second-order valence-corrected chi connectivity index (χ2v) is 3.96. The molecule has 1 unspecified atom stereocenters. The summed E-state index contributed by atoms with van der Waals surface area (Å²) < 4.78 is 12.7. The van der Waals surface area contributed by atoms with Crippen molar-refractivity contribution in [2.75, 3.05) is 13.1 Å². The van der Waals surface area contributed by atoms with Crippen molar-refractivity contribution in [3.8, 4) is 0 Å². The number of benzene rings is 1. The Labute approximate surface area is 90.1 Å². The van der Waals surface area contributed by atoms with Gasteiger partial charge in [-0.15, -0.1) is 0 Å². The van der Waals surface area contributed by atoms with E-state index in [0.717, 1.165) is 12.1 Å². The van der Waals surface area contributed by atoms with Gasteiger partial charge in [-0.1, -0.05) is 19.1 Å². The molecule has 0 fully saturated rings. The van der Waals surface area contributed by atoms with Gasteiger partial charge in [-0.25, -0.2) is 4.39 Å². The van der Waals surface area contributed by atoms with E-state index in [1.165, 1.54) is 12.1 Å². The van der Waals surface area contributed by atoms with E-state index in [1.54, 1.807) is 19.1 Å². The van der Waals surface area contributed by atoms with Crippen LogP contribution in [0.4, 0.5) is 4.39 Å². The fraction of sp³-hybridized carbons (Fsp3) is 0.500. The molecule has 0 radical (unpaired) electrons. The summed E-state index contributed by atoms with van der Waals surface area (Å²) in [5, 5.41) is 12.2. The zero-order valence-corrected chi connectivity index (χ0v) is 9.20. The van der Waals surface area contributed by atoms with Gasteiger partial charge in [-0.05, 0) is 30.5 Å². The summed E-state index contributed by atoms with van der Waals surface area (Å²) in [5.41, 5.74) is 1.11. The molecule has 2 N–H and O–H groups in total. The van der Waals surface area contributed by atoms with E-state index in [-0.39, 0.29) is 11.9 Å². The zero-order chi connectivity index (χ0) is 11.3. The Kier molecular flexibility index (Phi) is 4.72. The average Bonchev–Trinajstić information content (AvgIpc) is 2.18. The lowest BCUT2D eigenvalue weighted by Gasteiger charge is -2.13. The summed E-state index contributed by atoms with van der Waals surface area (Å²) in [4.78, 5) is 0. The number of aliphatic hydroxyl groups excluding tert-OH is 1. The third kappa shape index (κ3) is 4.40. The van der Waals surface area contributed by atoms with E-state index >= 15 is 0 Å². The standard InChI is InChI=1S/C12H18FNO/c1-9(7-14-8-10(2)15)11-3-5-12(13)6-4-11/h3-6,9-10,14-15H,7-8H2,1-2H3/t9?,10-/m0/s1. The lowest BCUT2D eigenvalue weighted by atomic mass is 10.0. The van der Waals surface area contributed by atoms with Crippen LogP contribution in [-0.2, 0) is 0 Å². The molecule has 0 aliphatic rings. The molecule has 0 bridgehead atoms. The minimum atomic E-state index is -0.328. The quantitative estimate of drug-likeness (QED) is 0.779. The van der Waals surface area contributed by atoms with Gasteiger partial charge in [0.1, 0.15) is 5.82 Å². The van der Waals surface area contributed by atoms with Gasteiger partial charge in [-0.2, -0.15) is 0 Å². The second-order valence-electron chi connectivity index (χ2n) is 3.96. The van der Waals surface area contributed by atoms with Crippen LogP contribution in [0.15, 0.2) is 24.3 Å². The van der Waals surface area contributed by atoms with Gasteiger partial charge < -0.3 is 10.4 Å². The Bertz CT molecular complexity index is 284. The number of hydrogen-bond acceptors (Lipinski definition) is 2. The van der Waals surface area contributed by atoms with Crippen LogP contribution in [-0.4, -0.2) is 24.3 Å². The number of nitrogens with one attached hydrogen (secondary N) is 1. The molecule has 0 aliphatic carbocycles. The molecule has 0 saturated heterocycles. The van der Waals surface area contributed by atoms with E-state index in [4.69, 9.17) is 5.11 Å². The molecule has 15 heavy (non-hydrogen) atoms. The van der Waals surface area contributed by atoms with Gasteiger partial charge >= 0.3 is 0 Å². The number of aliphatic hydroxyl groups is 1. The first-order chi connectivity index (χ1) is 7.09. The molecule has 1 rings (SSSR count). The van der Waals surface area contributed by atoms with Crippen molar-refractivity contribution in [1.29, 1.82) is 0 Å². The largest absolute Gasteiger partial charge is 0.392 e. The highest BCUT2D eigenvalue weighted by atomic mass is 19.1. The van der Waals surface area contributed by atoms with E-state index in [1.807, 2.05) is 0 Å². The van der Waals surface area contributed by atoms with Crippen LogP contribution in [0.25, 0.3) is 0 Å². The second kappa shape index (κ2) is 5.83. The van der Waals surface area contributed by atoms with Gasteiger partial charge in [0.05, 0.1) is 6.10 Å². The predicted molar refractivity (Wildman–Crippen MR) is 59.4 cm³/mol. The van der Waals surface area contributed by atoms with E-state index < -0.39 is 0 Å². The minimum absolute atomic E-state index is 0.206. The molecule has 0 spiro atoms. The van der Waals surface area contributed by atoms with Gasteiger partial charge in [0.25, 0.3) is 0 Å². The van der Waals surface area contributed by atoms with Crippen LogP contribution in [0.1, 0.15) is 25.3 Å². The Hall–Kier alpha value is -0.930.